The highest BCUT2D eigenvalue weighted by molar-refractivity contribution is 5.89. The normalized spacial score (nSPS) is 11.2. The number of guanidine groups is 1. The van der Waals surface area contributed by atoms with Crippen LogP contribution in [0.1, 0.15) is 21.7 Å². The number of hydrogen-bond acceptors (Lipinski definition) is 4. The number of nitrogens with zero attached hydrogens (tertiary/aromatic N) is 1. The standard InChI is InChI=1S/C18H23N3O3/c1-19-18(21-12-10-16-4-3-13-24-16)20-11-9-14-5-7-15(8-6-14)17(22)23-2/h3-8,13H,9-12H2,1-2H3,(H2,19,20,21). The van der Waals surface area contributed by atoms with Gasteiger partial charge in [-0.1, -0.05) is 12.1 Å². The van der Waals surface area contributed by atoms with E-state index in [-0.39, 0.29) is 5.97 Å². The van der Waals surface area contributed by atoms with Crippen molar-refractivity contribution in [3.63, 3.8) is 0 Å². The van der Waals surface area contributed by atoms with Crippen molar-refractivity contribution in [3.05, 3.63) is 59.5 Å². The summed E-state index contributed by atoms with van der Waals surface area (Å²) in [7, 11) is 3.12. The molecule has 6 nitrogen and oxygen atoms in total. The fraction of sp³-hybridized carbons (Fsp3) is 0.333. The summed E-state index contributed by atoms with van der Waals surface area (Å²) in [5, 5.41) is 6.51. The van der Waals surface area contributed by atoms with E-state index in [1.807, 2.05) is 24.3 Å². The molecule has 0 amide bonds. The molecule has 0 fully saturated rings. The van der Waals surface area contributed by atoms with Gasteiger partial charge in [0.1, 0.15) is 5.76 Å². The molecule has 0 aliphatic heterocycles. The van der Waals surface area contributed by atoms with Gasteiger partial charge in [0.05, 0.1) is 18.9 Å². The van der Waals surface area contributed by atoms with Gasteiger partial charge in [-0.3, -0.25) is 4.99 Å². The molecule has 1 aromatic carbocycles. The van der Waals surface area contributed by atoms with E-state index in [1.54, 1.807) is 25.4 Å². The lowest BCUT2D eigenvalue weighted by Gasteiger charge is -2.11. The van der Waals surface area contributed by atoms with Crippen molar-refractivity contribution in [2.24, 2.45) is 4.99 Å². The fourth-order valence-electron chi connectivity index (χ4n) is 2.23. The van der Waals surface area contributed by atoms with Gasteiger partial charge in [0.2, 0.25) is 0 Å². The second-order valence-electron chi connectivity index (χ2n) is 5.19. The topological polar surface area (TPSA) is 75.9 Å². The maximum atomic E-state index is 11.4. The summed E-state index contributed by atoms with van der Waals surface area (Å²) in [5.74, 6) is 1.39. The summed E-state index contributed by atoms with van der Waals surface area (Å²) >= 11 is 0. The first-order valence-corrected chi connectivity index (χ1v) is 7.87. The number of esters is 1. The van der Waals surface area contributed by atoms with Crippen LogP contribution in [-0.2, 0) is 17.6 Å². The van der Waals surface area contributed by atoms with Crippen LogP contribution in [0.5, 0.6) is 0 Å². The fourth-order valence-corrected chi connectivity index (χ4v) is 2.23. The minimum absolute atomic E-state index is 0.319. The van der Waals surface area contributed by atoms with E-state index in [2.05, 4.69) is 20.4 Å². The van der Waals surface area contributed by atoms with Crippen molar-refractivity contribution in [2.75, 3.05) is 27.2 Å². The molecule has 0 spiro atoms. The van der Waals surface area contributed by atoms with Crippen molar-refractivity contribution in [3.8, 4) is 0 Å². The Morgan fingerprint density at radius 1 is 1.12 bits per heavy atom. The van der Waals surface area contributed by atoms with Crippen LogP contribution in [0.25, 0.3) is 0 Å². The Morgan fingerprint density at radius 2 is 1.83 bits per heavy atom. The summed E-state index contributed by atoms with van der Waals surface area (Å²) in [5.41, 5.74) is 1.70. The van der Waals surface area contributed by atoms with Gasteiger partial charge in [-0.15, -0.1) is 0 Å². The maximum Gasteiger partial charge on any atom is 0.337 e. The summed E-state index contributed by atoms with van der Waals surface area (Å²) in [6.07, 6.45) is 3.32. The first-order chi connectivity index (χ1) is 11.7. The van der Waals surface area contributed by atoms with E-state index in [0.717, 1.165) is 43.2 Å². The molecular formula is C18H23N3O3. The zero-order chi connectivity index (χ0) is 17.2. The van der Waals surface area contributed by atoms with Gasteiger partial charge < -0.3 is 19.8 Å². The summed E-state index contributed by atoms with van der Waals surface area (Å²) in [6, 6.07) is 11.3. The Morgan fingerprint density at radius 3 is 2.42 bits per heavy atom. The highest BCUT2D eigenvalue weighted by atomic mass is 16.5. The molecule has 2 rings (SSSR count). The zero-order valence-corrected chi connectivity index (χ0v) is 14.0. The molecule has 2 aromatic rings. The van der Waals surface area contributed by atoms with Crippen LogP contribution in [-0.4, -0.2) is 39.2 Å². The van der Waals surface area contributed by atoms with Crippen molar-refractivity contribution < 1.29 is 13.9 Å². The Hall–Kier alpha value is -2.76. The van der Waals surface area contributed by atoms with Gasteiger partial charge in [-0.2, -0.15) is 0 Å². The average molecular weight is 329 g/mol. The number of hydrogen-bond donors (Lipinski definition) is 2. The van der Waals surface area contributed by atoms with Crippen molar-refractivity contribution >= 4 is 11.9 Å². The van der Waals surface area contributed by atoms with Gasteiger partial charge in [-0.05, 0) is 36.2 Å². The van der Waals surface area contributed by atoms with Crippen LogP contribution in [0.4, 0.5) is 0 Å². The van der Waals surface area contributed by atoms with E-state index in [1.165, 1.54) is 7.11 Å². The molecule has 2 N–H and O–H groups in total. The number of methoxy groups -OCH3 is 1. The van der Waals surface area contributed by atoms with Gasteiger partial charge in [-0.25, -0.2) is 4.79 Å². The van der Waals surface area contributed by atoms with Gasteiger partial charge in [0.15, 0.2) is 5.96 Å². The number of carbonyl (C=O) groups is 1. The van der Waals surface area contributed by atoms with Crippen LogP contribution in [0.15, 0.2) is 52.1 Å². The lowest BCUT2D eigenvalue weighted by Crippen LogP contribution is -2.39. The molecule has 6 heteroatoms. The molecule has 1 aromatic heterocycles. The second-order valence-corrected chi connectivity index (χ2v) is 5.19. The number of aliphatic imine (C=N–C) groups is 1. The third-order valence-corrected chi connectivity index (χ3v) is 3.55. The Kier molecular flexibility index (Phi) is 6.89. The number of carbonyl (C=O) groups excluding carboxylic acids is 1. The average Bonchev–Trinajstić information content (AvgIpc) is 3.13. The highest BCUT2D eigenvalue weighted by Gasteiger charge is 2.04. The first kappa shape index (κ1) is 17.6. The van der Waals surface area contributed by atoms with Crippen molar-refractivity contribution in [1.82, 2.24) is 10.6 Å². The van der Waals surface area contributed by atoms with Crippen LogP contribution in [0, 0.1) is 0 Å². The lowest BCUT2D eigenvalue weighted by atomic mass is 10.1. The molecular weight excluding hydrogens is 306 g/mol. The predicted octanol–water partition coefficient (Wildman–Crippen LogP) is 2.02. The molecule has 0 saturated heterocycles. The number of rotatable bonds is 7. The largest absolute Gasteiger partial charge is 0.469 e. The maximum absolute atomic E-state index is 11.4. The van der Waals surface area contributed by atoms with Gasteiger partial charge in [0, 0.05) is 26.6 Å². The lowest BCUT2D eigenvalue weighted by molar-refractivity contribution is 0.0600. The number of ether oxygens (including phenoxy) is 1. The van der Waals surface area contributed by atoms with E-state index in [9.17, 15) is 4.79 Å². The molecule has 0 aliphatic rings. The van der Waals surface area contributed by atoms with E-state index in [0.29, 0.717) is 5.56 Å². The molecule has 128 valence electrons. The minimum atomic E-state index is -0.319. The predicted molar refractivity (Wildman–Crippen MR) is 93.3 cm³/mol. The second kappa shape index (κ2) is 9.39. The molecule has 0 bridgehead atoms. The summed E-state index contributed by atoms with van der Waals surface area (Å²) in [6.45, 7) is 1.50. The quantitative estimate of drug-likeness (QED) is 0.462. The SMILES string of the molecule is CN=C(NCCc1ccc(C(=O)OC)cc1)NCCc1ccco1. The van der Waals surface area contributed by atoms with Crippen LogP contribution in [0.2, 0.25) is 0 Å². The first-order valence-electron chi connectivity index (χ1n) is 7.87. The van der Waals surface area contributed by atoms with Crippen LogP contribution in [0.3, 0.4) is 0 Å². The van der Waals surface area contributed by atoms with Crippen molar-refractivity contribution in [1.29, 1.82) is 0 Å². The Labute approximate surface area is 141 Å². The monoisotopic (exact) mass is 329 g/mol. The van der Waals surface area contributed by atoms with Gasteiger partial charge >= 0.3 is 5.97 Å². The summed E-state index contributed by atoms with van der Waals surface area (Å²) in [4.78, 5) is 15.6. The smallest absolute Gasteiger partial charge is 0.337 e. The summed E-state index contributed by atoms with van der Waals surface area (Å²) < 4.78 is 9.97. The molecule has 0 atom stereocenters. The van der Waals surface area contributed by atoms with E-state index < -0.39 is 0 Å². The third kappa shape index (κ3) is 5.46. The van der Waals surface area contributed by atoms with Gasteiger partial charge in [0.25, 0.3) is 0 Å². The molecule has 0 aliphatic carbocycles. The van der Waals surface area contributed by atoms with Crippen LogP contribution >= 0.6 is 0 Å². The van der Waals surface area contributed by atoms with E-state index in [4.69, 9.17) is 4.42 Å². The molecule has 0 unspecified atom stereocenters. The number of nitrogens with one attached hydrogen (secondary N) is 2. The van der Waals surface area contributed by atoms with Crippen LogP contribution < -0.4 is 10.6 Å². The number of benzene rings is 1. The Bertz CT molecular complexity index is 649. The molecule has 0 saturated carbocycles. The Balaban J connectivity index is 1.70. The number of furan rings is 1. The van der Waals surface area contributed by atoms with E-state index >= 15 is 0 Å². The van der Waals surface area contributed by atoms with Crippen molar-refractivity contribution in [2.45, 2.75) is 12.8 Å². The zero-order valence-electron chi connectivity index (χ0n) is 14.0. The molecule has 24 heavy (non-hydrogen) atoms. The molecule has 0 radical (unpaired) electrons. The minimum Gasteiger partial charge on any atom is -0.469 e. The third-order valence-electron chi connectivity index (χ3n) is 3.55. The highest BCUT2D eigenvalue weighted by Crippen LogP contribution is 2.06. The molecule has 1 heterocycles.